The van der Waals surface area contributed by atoms with Crippen LogP contribution in [0.5, 0.6) is 5.75 Å². The van der Waals surface area contributed by atoms with Crippen LogP contribution in [0.2, 0.25) is 0 Å². The first kappa shape index (κ1) is 29.9. The summed E-state index contributed by atoms with van der Waals surface area (Å²) in [6.45, 7) is 0. The van der Waals surface area contributed by atoms with Crippen molar-refractivity contribution < 1.29 is 23.5 Å². The Morgan fingerprint density at radius 2 is 1.41 bits per heavy atom. The Morgan fingerprint density at radius 1 is 0.750 bits per heavy atom. The summed E-state index contributed by atoms with van der Waals surface area (Å²) >= 11 is 1.38. The number of ether oxygens (including phenoxy) is 1. The molecule has 0 saturated carbocycles. The van der Waals surface area contributed by atoms with Crippen molar-refractivity contribution in [3.05, 3.63) is 138 Å². The van der Waals surface area contributed by atoms with Gasteiger partial charge in [-0.3, -0.25) is 14.4 Å². The number of furan rings is 1. The van der Waals surface area contributed by atoms with Gasteiger partial charge in [0.1, 0.15) is 23.0 Å². The lowest BCUT2D eigenvalue weighted by Crippen LogP contribution is -2.30. The van der Waals surface area contributed by atoms with Crippen LogP contribution in [0.4, 0.5) is 11.4 Å². The quantitative estimate of drug-likeness (QED) is 0.110. The number of benzene rings is 4. The molecule has 0 spiro atoms. The maximum Gasteiger partial charge on any atom is 0.272 e. The predicted octanol–water partition coefficient (Wildman–Crippen LogP) is 7.10. The van der Waals surface area contributed by atoms with Crippen molar-refractivity contribution in [3.63, 3.8) is 0 Å². The van der Waals surface area contributed by atoms with Gasteiger partial charge in [-0.25, -0.2) is 0 Å². The molecule has 44 heavy (non-hydrogen) atoms. The highest BCUT2D eigenvalue weighted by molar-refractivity contribution is 8.00. The average Bonchev–Trinajstić information content (AvgIpc) is 3.53. The van der Waals surface area contributed by atoms with Crippen molar-refractivity contribution in [2.24, 2.45) is 0 Å². The summed E-state index contributed by atoms with van der Waals surface area (Å²) in [6.07, 6.45) is 1.48. The maximum atomic E-state index is 13.4. The normalized spacial score (nSPS) is 11.0. The van der Waals surface area contributed by atoms with E-state index in [1.165, 1.54) is 17.8 Å². The van der Waals surface area contributed by atoms with Crippen LogP contribution < -0.4 is 20.7 Å². The fourth-order valence-electron chi connectivity index (χ4n) is 4.21. The third-order valence-corrected chi connectivity index (χ3v) is 7.37. The Bertz CT molecular complexity index is 1770. The molecule has 1 aromatic heterocycles. The number of amides is 3. The SMILES string of the molecule is COc1ccccc1-c1ccc(/C=C(/NC(=O)c2ccccc2)C(=O)Nc2ccc(SCC(=O)Nc3ccccc3)cc2)o1. The number of methoxy groups -OCH3 is 1. The van der Waals surface area contributed by atoms with Gasteiger partial charge in [-0.1, -0.05) is 48.5 Å². The van der Waals surface area contributed by atoms with Gasteiger partial charge in [0.25, 0.3) is 11.8 Å². The molecule has 4 aromatic carbocycles. The van der Waals surface area contributed by atoms with E-state index in [2.05, 4.69) is 16.0 Å². The number of nitrogens with one attached hydrogen (secondary N) is 3. The highest BCUT2D eigenvalue weighted by Crippen LogP contribution is 2.31. The van der Waals surface area contributed by atoms with Crippen LogP contribution in [-0.2, 0) is 9.59 Å². The van der Waals surface area contributed by atoms with Crippen LogP contribution in [0.25, 0.3) is 17.4 Å². The van der Waals surface area contributed by atoms with Gasteiger partial charge in [0.05, 0.1) is 18.4 Å². The highest BCUT2D eigenvalue weighted by Gasteiger charge is 2.17. The van der Waals surface area contributed by atoms with E-state index < -0.39 is 11.8 Å². The number of hydrogen-bond acceptors (Lipinski definition) is 6. The minimum atomic E-state index is -0.535. The summed E-state index contributed by atoms with van der Waals surface area (Å²) in [5.41, 5.74) is 2.41. The number of rotatable bonds is 11. The Hall–Kier alpha value is -5.54. The first-order valence-corrected chi connectivity index (χ1v) is 14.7. The van der Waals surface area contributed by atoms with Crippen LogP contribution in [0, 0.1) is 0 Å². The van der Waals surface area contributed by atoms with E-state index in [1.54, 1.807) is 61.7 Å². The molecule has 3 N–H and O–H groups in total. The summed E-state index contributed by atoms with van der Waals surface area (Å²) in [6, 6.07) is 35.9. The van der Waals surface area contributed by atoms with E-state index in [-0.39, 0.29) is 17.4 Å². The van der Waals surface area contributed by atoms with E-state index >= 15 is 0 Å². The second-order valence-electron chi connectivity index (χ2n) is 9.46. The van der Waals surface area contributed by atoms with Gasteiger partial charge in [0, 0.05) is 27.9 Å². The average molecular weight is 604 g/mol. The molecule has 0 saturated heterocycles. The van der Waals surface area contributed by atoms with Gasteiger partial charge in [-0.2, -0.15) is 0 Å². The highest BCUT2D eigenvalue weighted by atomic mass is 32.2. The lowest BCUT2D eigenvalue weighted by molar-refractivity contribution is -0.114. The summed E-state index contributed by atoms with van der Waals surface area (Å²) in [5, 5.41) is 8.40. The zero-order chi connectivity index (χ0) is 30.7. The molecule has 9 heteroatoms. The van der Waals surface area contributed by atoms with Crippen molar-refractivity contribution in [2.45, 2.75) is 4.90 Å². The second kappa shape index (κ2) is 14.6. The van der Waals surface area contributed by atoms with E-state index in [1.807, 2.05) is 66.7 Å². The Morgan fingerprint density at radius 3 is 2.14 bits per heavy atom. The summed E-state index contributed by atoms with van der Waals surface area (Å²) < 4.78 is 11.4. The van der Waals surface area contributed by atoms with Gasteiger partial charge in [0.2, 0.25) is 5.91 Å². The van der Waals surface area contributed by atoms with Crippen molar-refractivity contribution in [1.82, 2.24) is 5.32 Å². The van der Waals surface area contributed by atoms with Crippen LogP contribution >= 0.6 is 11.8 Å². The molecule has 0 bridgehead atoms. The molecule has 0 fully saturated rings. The predicted molar refractivity (Wildman–Crippen MR) is 173 cm³/mol. The number of carbonyl (C=O) groups excluding carboxylic acids is 3. The fourth-order valence-corrected chi connectivity index (χ4v) is 4.91. The monoisotopic (exact) mass is 603 g/mol. The van der Waals surface area contributed by atoms with E-state index in [4.69, 9.17) is 9.15 Å². The Kier molecular flexibility index (Phi) is 9.91. The van der Waals surface area contributed by atoms with Gasteiger partial charge < -0.3 is 25.1 Å². The largest absolute Gasteiger partial charge is 0.496 e. The van der Waals surface area contributed by atoms with Gasteiger partial charge in [0.15, 0.2) is 0 Å². The maximum absolute atomic E-state index is 13.4. The Labute approximate surface area is 259 Å². The topological polar surface area (TPSA) is 110 Å². The molecule has 8 nitrogen and oxygen atoms in total. The zero-order valence-corrected chi connectivity index (χ0v) is 24.6. The molecule has 0 aliphatic carbocycles. The molecule has 0 aliphatic rings. The Balaban J connectivity index is 1.29. The second-order valence-corrected chi connectivity index (χ2v) is 10.5. The van der Waals surface area contributed by atoms with Crippen LogP contribution in [0.3, 0.4) is 0 Å². The van der Waals surface area contributed by atoms with Gasteiger partial charge in [-0.15, -0.1) is 11.8 Å². The molecular weight excluding hydrogens is 574 g/mol. The smallest absolute Gasteiger partial charge is 0.272 e. The van der Waals surface area contributed by atoms with Crippen molar-refractivity contribution in [3.8, 4) is 17.1 Å². The fraction of sp³-hybridized carbons (Fsp3) is 0.0571. The first-order chi connectivity index (χ1) is 21.5. The van der Waals surface area contributed by atoms with Crippen molar-refractivity contribution >= 4 is 46.9 Å². The number of anilines is 2. The molecule has 0 aliphatic heterocycles. The molecule has 5 rings (SSSR count). The number of carbonyl (C=O) groups is 3. The lowest BCUT2D eigenvalue weighted by Gasteiger charge is -2.11. The summed E-state index contributed by atoms with van der Waals surface area (Å²) in [7, 11) is 1.58. The first-order valence-electron chi connectivity index (χ1n) is 13.7. The molecule has 1 heterocycles. The third kappa shape index (κ3) is 8.05. The minimum Gasteiger partial charge on any atom is -0.496 e. The van der Waals surface area contributed by atoms with Crippen molar-refractivity contribution in [1.29, 1.82) is 0 Å². The molecule has 220 valence electrons. The van der Waals surface area contributed by atoms with E-state index in [0.717, 1.165) is 16.1 Å². The van der Waals surface area contributed by atoms with Gasteiger partial charge >= 0.3 is 0 Å². The van der Waals surface area contributed by atoms with Crippen molar-refractivity contribution in [2.75, 3.05) is 23.5 Å². The van der Waals surface area contributed by atoms with Crippen LogP contribution in [0.15, 0.2) is 136 Å². The zero-order valence-electron chi connectivity index (χ0n) is 23.8. The number of para-hydroxylation sites is 2. The van der Waals surface area contributed by atoms with E-state index in [0.29, 0.717) is 28.5 Å². The number of hydrogen-bond donors (Lipinski definition) is 3. The summed E-state index contributed by atoms with van der Waals surface area (Å²) in [4.78, 5) is 39.5. The minimum absolute atomic E-state index is 0.00388. The summed E-state index contributed by atoms with van der Waals surface area (Å²) in [5.74, 6) is 0.703. The molecule has 5 aromatic rings. The van der Waals surface area contributed by atoms with E-state index in [9.17, 15) is 14.4 Å². The molecular formula is C35H29N3O5S. The lowest BCUT2D eigenvalue weighted by atomic mass is 10.1. The molecule has 0 atom stereocenters. The molecule has 0 unspecified atom stereocenters. The van der Waals surface area contributed by atoms with Crippen LogP contribution in [-0.4, -0.2) is 30.6 Å². The molecule has 3 amide bonds. The third-order valence-electron chi connectivity index (χ3n) is 6.35. The van der Waals surface area contributed by atoms with Crippen LogP contribution in [0.1, 0.15) is 16.1 Å². The number of thioether (sulfide) groups is 1. The standard InChI is InChI=1S/C35H29N3O5S/c1-42-31-15-9-8-14-29(31)32-21-18-27(43-32)22-30(38-34(40)24-10-4-2-5-11-24)35(41)37-26-16-19-28(20-17-26)44-23-33(39)36-25-12-6-3-7-13-25/h2-22H,23H2,1H3,(H,36,39)(H,37,41)(H,38,40)/b30-22+. The molecule has 0 radical (unpaired) electrons. The van der Waals surface area contributed by atoms with Gasteiger partial charge in [-0.05, 0) is 72.8 Å².